The number of nitro benzene ring substituents is 1. The molecule has 3 heterocycles. The number of non-ortho nitro benzene ring substituents is 1. The third-order valence-corrected chi connectivity index (χ3v) is 6.27. The Morgan fingerprint density at radius 1 is 1.00 bits per heavy atom. The Morgan fingerprint density at radius 2 is 1.78 bits per heavy atom. The van der Waals surface area contributed by atoms with Crippen LogP contribution in [0.15, 0.2) is 30.3 Å². The van der Waals surface area contributed by atoms with Gasteiger partial charge in [-0.3, -0.25) is 24.6 Å². The first-order valence-corrected chi connectivity index (χ1v) is 9.36. The molecule has 0 aromatic heterocycles. The lowest BCUT2D eigenvalue weighted by atomic mass is 9.82. The van der Waals surface area contributed by atoms with Gasteiger partial charge >= 0.3 is 0 Å². The number of nitrogens with zero attached hydrogens (tertiary/aromatic N) is 3. The van der Waals surface area contributed by atoms with Crippen LogP contribution in [-0.4, -0.2) is 52.2 Å². The monoisotopic (exact) mass is 365 g/mol. The van der Waals surface area contributed by atoms with Gasteiger partial charge in [0.1, 0.15) is 0 Å². The molecular weight excluding hydrogens is 346 g/mol. The molecule has 0 N–H and O–H groups in total. The normalized spacial score (nSPS) is 27.1. The second-order valence-corrected chi connectivity index (χ2v) is 7.66. The quantitative estimate of drug-likeness (QED) is 0.464. The minimum absolute atomic E-state index is 0.0785. The number of hydrogen-bond acceptors (Lipinski definition) is 5. The molecule has 2 fully saturated rings. The standard InChI is InChI=1S/C20H19N3O4/c24-19-14-5-1-4-13-17(23(26)27)7-6-15(18(13)14)20(25)22(19)16-8-10-21-9-2-3-12(16)11-21/h1,4-7,12,16H,2-3,8-11H2. The zero-order chi connectivity index (χ0) is 18.7. The number of piperidine rings is 2. The fourth-order valence-corrected chi connectivity index (χ4v) is 5.06. The minimum Gasteiger partial charge on any atom is -0.303 e. The molecule has 2 bridgehead atoms. The number of nitro groups is 1. The van der Waals surface area contributed by atoms with Gasteiger partial charge in [0, 0.05) is 41.7 Å². The van der Waals surface area contributed by atoms with Crippen molar-refractivity contribution in [1.82, 2.24) is 9.80 Å². The van der Waals surface area contributed by atoms with E-state index in [-0.39, 0.29) is 23.5 Å². The van der Waals surface area contributed by atoms with Crippen molar-refractivity contribution in [2.24, 2.45) is 5.92 Å². The minimum atomic E-state index is -0.470. The van der Waals surface area contributed by atoms with Crippen molar-refractivity contribution in [3.63, 3.8) is 0 Å². The van der Waals surface area contributed by atoms with E-state index in [1.54, 1.807) is 18.2 Å². The van der Waals surface area contributed by atoms with E-state index in [4.69, 9.17) is 0 Å². The molecule has 3 unspecified atom stereocenters. The number of amides is 2. The summed E-state index contributed by atoms with van der Waals surface area (Å²) in [5.41, 5.74) is 0.707. The van der Waals surface area contributed by atoms with E-state index in [9.17, 15) is 19.7 Å². The molecule has 3 aliphatic rings. The van der Waals surface area contributed by atoms with Gasteiger partial charge in [-0.15, -0.1) is 0 Å². The highest BCUT2D eigenvalue weighted by atomic mass is 16.6. The molecule has 2 aromatic rings. The summed E-state index contributed by atoms with van der Waals surface area (Å²) in [6.45, 7) is 2.92. The Labute approximate surface area is 155 Å². The number of imide groups is 1. The maximum atomic E-state index is 13.3. The van der Waals surface area contributed by atoms with Crippen LogP contribution in [-0.2, 0) is 0 Å². The van der Waals surface area contributed by atoms with Crippen LogP contribution in [0.4, 0.5) is 5.69 Å². The average Bonchev–Trinajstić information content (AvgIpc) is 2.67. The van der Waals surface area contributed by atoms with Crippen molar-refractivity contribution < 1.29 is 14.5 Å². The Hall–Kier alpha value is -2.80. The summed E-state index contributed by atoms with van der Waals surface area (Å²) in [6.07, 6.45) is 2.91. The first-order chi connectivity index (χ1) is 13.1. The van der Waals surface area contributed by atoms with Gasteiger partial charge in [-0.2, -0.15) is 0 Å². The second-order valence-electron chi connectivity index (χ2n) is 7.66. The number of carbonyl (C=O) groups excluding carboxylic acids is 2. The van der Waals surface area contributed by atoms with Crippen LogP contribution >= 0.6 is 0 Å². The van der Waals surface area contributed by atoms with E-state index < -0.39 is 4.92 Å². The molecule has 2 saturated heterocycles. The van der Waals surface area contributed by atoms with Crippen molar-refractivity contribution in [1.29, 1.82) is 0 Å². The van der Waals surface area contributed by atoms with Crippen molar-refractivity contribution in [2.45, 2.75) is 25.3 Å². The molecule has 2 aromatic carbocycles. The molecular formula is C20H19N3O4. The molecule has 0 radical (unpaired) electrons. The van der Waals surface area contributed by atoms with Crippen LogP contribution in [0.5, 0.6) is 0 Å². The fourth-order valence-electron chi connectivity index (χ4n) is 5.06. The molecule has 138 valence electrons. The predicted molar refractivity (Wildman–Crippen MR) is 98.7 cm³/mol. The SMILES string of the molecule is O=C1c2cccc3c([N+](=O)[O-])ccc(c23)C(=O)N1C1CCN2CCCC1C2. The first kappa shape index (κ1) is 16.4. The van der Waals surface area contributed by atoms with E-state index in [2.05, 4.69) is 4.90 Å². The summed E-state index contributed by atoms with van der Waals surface area (Å²) >= 11 is 0. The maximum Gasteiger partial charge on any atom is 0.277 e. The Bertz CT molecular complexity index is 980. The summed E-state index contributed by atoms with van der Waals surface area (Å²) < 4.78 is 0. The summed E-state index contributed by atoms with van der Waals surface area (Å²) in [5.74, 6) is -0.329. The van der Waals surface area contributed by atoms with E-state index in [0.717, 1.165) is 38.9 Å². The van der Waals surface area contributed by atoms with Gasteiger partial charge < -0.3 is 4.90 Å². The first-order valence-electron chi connectivity index (χ1n) is 9.36. The van der Waals surface area contributed by atoms with Crippen LogP contribution in [0.3, 0.4) is 0 Å². The summed E-state index contributed by atoms with van der Waals surface area (Å²) in [6, 6.07) is 7.71. The van der Waals surface area contributed by atoms with Crippen LogP contribution < -0.4 is 0 Å². The van der Waals surface area contributed by atoms with Gasteiger partial charge in [0.25, 0.3) is 17.5 Å². The van der Waals surface area contributed by atoms with Crippen LogP contribution in [0.1, 0.15) is 40.0 Å². The number of hydrogen-bond donors (Lipinski definition) is 0. The molecule has 3 aliphatic heterocycles. The van der Waals surface area contributed by atoms with Gasteiger partial charge in [-0.25, -0.2) is 0 Å². The maximum absolute atomic E-state index is 13.3. The lowest BCUT2D eigenvalue weighted by molar-refractivity contribution is -0.383. The molecule has 0 saturated carbocycles. The highest BCUT2D eigenvalue weighted by Crippen LogP contribution is 2.39. The third kappa shape index (κ3) is 2.31. The second kappa shape index (κ2) is 5.85. The van der Waals surface area contributed by atoms with E-state index in [1.807, 2.05) is 0 Å². The smallest absolute Gasteiger partial charge is 0.277 e. The van der Waals surface area contributed by atoms with Gasteiger partial charge in [-0.05, 0) is 49.9 Å². The lowest BCUT2D eigenvalue weighted by Crippen LogP contribution is -2.57. The van der Waals surface area contributed by atoms with E-state index in [1.165, 1.54) is 17.0 Å². The molecule has 2 amide bonds. The highest BCUT2D eigenvalue weighted by molar-refractivity contribution is 6.26. The third-order valence-electron chi connectivity index (χ3n) is 6.27. The summed E-state index contributed by atoms with van der Waals surface area (Å²) in [5, 5.41) is 12.1. The van der Waals surface area contributed by atoms with E-state index >= 15 is 0 Å². The number of benzene rings is 2. The van der Waals surface area contributed by atoms with Crippen molar-refractivity contribution in [2.75, 3.05) is 19.6 Å². The number of rotatable bonds is 2. The Kier molecular flexibility index (Phi) is 3.55. The number of fused-ring (bicyclic) bond motifs is 2. The summed E-state index contributed by atoms with van der Waals surface area (Å²) in [7, 11) is 0. The topological polar surface area (TPSA) is 83.8 Å². The average molecular weight is 365 g/mol. The summed E-state index contributed by atoms with van der Waals surface area (Å²) in [4.78, 5) is 41.3. The van der Waals surface area contributed by atoms with Crippen LogP contribution in [0, 0.1) is 16.0 Å². The molecule has 5 rings (SSSR count). The van der Waals surface area contributed by atoms with Crippen molar-refractivity contribution in [3.05, 3.63) is 51.6 Å². The zero-order valence-electron chi connectivity index (χ0n) is 14.8. The van der Waals surface area contributed by atoms with E-state index in [0.29, 0.717) is 27.8 Å². The van der Waals surface area contributed by atoms with Crippen LogP contribution in [0.2, 0.25) is 0 Å². The van der Waals surface area contributed by atoms with Gasteiger partial charge in [0.05, 0.1) is 10.3 Å². The predicted octanol–water partition coefficient (Wildman–Crippen LogP) is 2.83. The largest absolute Gasteiger partial charge is 0.303 e. The van der Waals surface area contributed by atoms with Gasteiger partial charge in [0.2, 0.25) is 0 Å². The van der Waals surface area contributed by atoms with Crippen molar-refractivity contribution in [3.8, 4) is 0 Å². The molecule has 7 nitrogen and oxygen atoms in total. The molecule has 0 spiro atoms. The molecule has 3 atom stereocenters. The molecule has 7 heteroatoms. The fraction of sp³-hybridized carbons (Fsp3) is 0.400. The Balaban J connectivity index is 1.64. The molecule has 27 heavy (non-hydrogen) atoms. The van der Waals surface area contributed by atoms with Gasteiger partial charge in [0.15, 0.2) is 0 Å². The van der Waals surface area contributed by atoms with Gasteiger partial charge in [-0.1, -0.05) is 6.07 Å². The number of carbonyl (C=O) groups is 2. The van der Waals surface area contributed by atoms with Crippen molar-refractivity contribution >= 4 is 28.3 Å². The van der Waals surface area contributed by atoms with Crippen LogP contribution in [0.25, 0.3) is 10.8 Å². The Morgan fingerprint density at radius 3 is 2.56 bits per heavy atom. The zero-order valence-corrected chi connectivity index (χ0v) is 14.8. The highest BCUT2D eigenvalue weighted by Gasteiger charge is 2.44. The lowest BCUT2D eigenvalue weighted by Gasteiger charge is -2.46. The molecule has 0 aliphatic carbocycles.